The monoisotopic (exact) mass is 537 g/mol. The van der Waals surface area contributed by atoms with Gasteiger partial charge in [-0.2, -0.15) is 0 Å². The van der Waals surface area contributed by atoms with Crippen LogP contribution in [-0.4, -0.2) is 47.2 Å². The van der Waals surface area contributed by atoms with E-state index in [1.54, 1.807) is 36.4 Å². The summed E-state index contributed by atoms with van der Waals surface area (Å²) in [5.74, 6) is -4.42. The van der Waals surface area contributed by atoms with Gasteiger partial charge in [0, 0.05) is 31.9 Å². The molecule has 0 radical (unpaired) electrons. The number of nitrogens with one attached hydrogen (secondary N) is 1. The highest BCUT2D eigenvalue weighted by Crippen LogP contribution is 2.45. The SMILES string of the molecule is COC(=O)C1=C(CC(=O)O)NC(C[S@](=O)c2ccccc2)=C(C(=O)OC)[C@H]1c1c(Cl)cccc1Cl. The molecule has 35 heavy (non-hydrogen) atoms. The zero-order chi connectivity index (χ0) is 25.7. The lowest BCUT2D eigenvalue weighted by atomic mass is 9.79. The van der Waals surface area contributed by atoms with E-state index in [2.05, 4.69) is 5.32 Å². The average Bonchev–Trinajstić information content (AvgIpc) is 2.83. The molecule has 0 spiro atoms. The average molecular weight is 538 g/mol. The summed E-state index contributed by atoms with van der Waals surface area (Å²) < 4.78 is 23.1. The molecule has 3 rings (SSSR count). The third kappa shape index (κ3) is 5.75. The first kappa shape index (κ1) is 26.5. The Balaban J connectivity index is 2.32. The predicted octanol–water partition coefficient (Wildman–Crippen LogP) is 3.82. The molecule has 184 valence electrons. The largest absolute Gasteiger partial charge is 0.481 e. The topological polar surface area (TPSA) is 119 Å². The second-order valence-corrected chi connectivity index (χ2v) is 9.60. The van der Waals surface area contributed by atoms with Crippen LogP contribution in [0.1, 0.15) is 17.9 Å². The molecule has 1 aliphatic heterocycles. The van der Waals surface area contributed by atoms with Crippen molar-refractivity contribution in [2.24, 2.45) is 0 Å². The summed E-state index contributed by atoms with van der Waals surface area (Å²) in [7, 11) is 0.645. The van der Waals surface area contributed by atoms with Crippen LogP contribution in [0.3, 0.4) is 0 Å². The van der Waals surface area contributed by atoms with Gasteiger partial charge in [-0.25, -0.2) is 9.59 Å². The Bertz CT molecular complexity index is 1240. The summed E-state index contributed by atoms with van der Waals surface area (Å²) in [6.07, 6.45) is -0.612. The van der Waals surface area contributed by atoms with E-state index in [0.29, 0.717) is 4.90 Å². The molecular formula is C24H21Cl2NO7S. The normalized spacial score (nSPS) is 16.4. The molecule has 0 aliphatic carbocycles. The van der Waals surface area contributed by atoms with Crippen LogP contribution in [0.25, 0.3) is 0 Å². The second-order valence-electron chi connectivity index (χ2n) is 7.33. The van der Waals surface area contributed by atoms with E-state index in [4.69, 9.17) is 32.7 Å². The first-order chi connectivity index (χ1) is 16.7. The van der Waals surface area contributed by atoms with Gasteiger partial charge in [0.25, 0.3) is 0 Å². The highest BCUT2D eigenvalue weighted by molar-refractivity contribution is 7.85. The number of carbonyl (C=O) groups excluding carboxylic acids is 2. The fourth-order valence-corrected chi connectivity index (χ4v) is 5.51. The van der Waals surface area contributed by atoms with E-state index in [9.17, 15) is 23.7 Å². The van der Waals surface area contributed by atoms with Crippen LogP contribution in [-0.2, 0) is 34.7 Å². The van der Waals surface area contributed by atoms with Crippen LogP contribution in [0, 0.1) is 0 Å². The summed E-state index contributed by atoms with van der Waals surface area (Å²) in [6.45, 7) is 0. The number of ether oxygens (including phenoxy) is 2. The molecule has 2 aromatic rings. The highest BCUT2D eigenvalue weighted by atomic mass is 35.5. The molecule has 0 unspecified atom stereocenters. The van der Waals surface area contributed by atoms with Crippen LogP contribution >= 0.6 is 23.2 Å². The van der Waals surface area contributed by atoms with E-state index in [1.165, 1.54) is 12.1 Å². The number of halogens is 2. The molecule has 0 aromatic heterocycles. The predicted molar refractivity (Wildman–Crippen MR) is 130 cm³/mol. The van der Waals surface area contributed by atoms with Crippen molar-refractivity contribution < 1.29 is 33.2 Å². The number of carbonyl (C=O) groups is 3. The van der Waals surface area contributed by atoms with Crippen molar-refractivity contribution in [2.75, 3.05) is 20.0 Å². The molecule has 0 saturated heterocycles. The van der Waals surface area contributed by atoms with Gasteiger partial charge >= 0.3 is 17.9 Å². The van der Waals surface area contributed by atoms with Crippen molar-refractivity contribution in [1.29, 1.82) is 0 Å². The third-order valence-electron chi connectivity index (χ3n) is 5.24. The number of hydrogen-bond acceptors (Lipinski definition) is 7. The Morgan fingerprint density at radius 3 is 1.97 bits per heavy atom. The quantitative estimate of drug-likeness (QED) is 0.487. The molecule has 1 aliphatic rings. The standard InChI is InChI=1S/C24H21Cl2NO7S/c1-33-23(30)20-16(11-18(28)29)27-17(12-35(32)13-7-4-3-5-8-13)21(24(31)34-2)22(20)19-14(25)9-6-10-15(19)26/h3-10,22,27H,11-12H2,1-2H3,(H,28,29)/t22-,35-/m0/s1. The van der Waals surface area contributed by atoms with E-state index < -0.39 is 41.0 Å². The van der Waals surface area contributed by atoms with Gasteiger partial charge in [0.2, 0.25) is 0 Å². The zero-order valence-corrected chi connectivity index (χ0v) is 21.0. The number of hydrogen-bond donors (Lipinski definition) is 2. The number of carboxylic acid groups (broad SMARTS) is 1. The van der Waals surface area contributed by atoms with Gasteiger partial charge in [0.15, 0.2) is 0 Å². The third-order valence-corrected chi connectivity index (χ3v) is 7.25. The number of dihydropyridines is 1. The second kappa shape index (κ2) is 11.5. The highest BCUT2D eigenvalue weighted by Gasteiger charge is 2.42. The molecule has 2 N–H and O–H groups in total. The molecule has 11 heteroatoms. The number of methoxy groups -OCH3 is 2. The van der Waals surface area contributed by atoms with Crippen molar-refractivity contribution in [3.63, 3.8) is 0 Å². The van der Waals surface area contributed by atoms with E-state index in [1.807, 2.05) is 0 Å². The lowest BCUT2D eigenvalue weighted by Gasteiger charge is -2.32. The number of rotatable bonds is 8. The van der Waals surface area contributed by atoms with Crippen molar-refractivity contribution in [2.45, 2.75) is 17.2 Å². The summed E-state index contributed by atoms with van der Waals surface area (Å²) >= 11 is 12.9. The minimum Gasteiger partial charge on any atom is -0.481 e. The molecule has 1 heterocycles. The molecule has 0 bridgehead atoms. The van der Waals surface area contributed by atoms with Crippen molar-refractivity contribution in [3.8, 4) is 0 Å². The lowest BCUT2D eigenvalue weighted by molar-refractivity contribution is -0.137. The first-order valence-corrected chi connectivity index (χ1v) is 12.3. The lowest BCUT2D eigenvalue weighted by Crippen LogP contribution is -2.36. The Morgan fingerprint density at radius 2 is 1.46 bits per heavy atom. The van der Waals surface area contributed by atoms with Crippen LogP contribution in [0.4, 0.5) is 0 Å². The van der Waals surface area contributed by atoms with Gasteiger partial charge in [0.1, 0.15) is 0 Å². The number of carboxylic acids is 1. The minimum absolute atomic E-state index is 0.0435. The van der Waals surface area contributed by atoms with Gasteiger partial charge in [-0.1, -0.05) is 47.5 Å². The van der Waals surface area contributed by atoms with Crippen molar-refractivity contribution in [3.05, 3.63) is 86.7 Å². The van der Waals surface area contributed by atoms with E-state index >= 15 is 0 Å². The molecule has 0 amide bonds. The Labute approximate surface area is 214 Å². The minimum atomic E-state index is -1.63. The maximum absolute atomic E-state index is 13.2. The fraction of sp³-hybridized carbons (Fsp3) is 0.208. The molecule has 2 atom stereocenters. The van der Waals surface area contributed by atoms with Gasteiger partial charge < -0.3 is 19.9 Å². The maximum atomic E-state index is 13.2. The smallest absolute Gasteiger partial charge is 0.336 e. The summed E-state index contributed by atoms with van der Waals surface area (Å²) in [6, 6.07) is 13.1. The van der Waals surface area contributed by atoms with Crippen LogP contribution in [0.2, 0.25) is 10.0 Å². The van der Waals surface area contributed by atoms with Gasteiger partial charge in [-0.3, -0.25) is 9.00 Å². The maximum Gasteiger partial charge on any atom is 0.336 e. The Hall–Kier alpha value is -3.14. The van der Waals surface area contributed by atoms with Gasteiger partial charge in [-0.05, 0) is 24.3 Å². The molecule has 0 fully saturated rings. The van der Waals surface area contributed by atoms with Crippen molar-refractivity contribution >= 4 is 51.9 Å². The molecular weight excluding hydrogens is 517 g/mol. The summed E-state index contributed by atoms with van der Waals surface area (Å²) in [5, 5.41) is 12.6. The molecule has 8 nitrogen and oxygen atoms in total. The number of benzene rings is 2. The van der Waals surface area contributed by atoms with Crippen LogP contribution in [0.15, 0.2) is 76.0 Å². The van der Waals surface area contributed by atoms with E-state index in [-0.39, 0.29) is 43.9 Å². The fourth-order valence-electron chi connectivity index (χ4n) is 3.78. The summed E-state index contributed by atoms with van der Waals surface area (Å²) in [4.78, 5) is 38.2. The molecule has 0 saturated carbocycles. The Morgan fingerprint density at radius 1 is 0.914 bits per heavy atom. The van der Waals surface area contributed by atoms with Crippen LogP contribution in [0.5, 0.6) is 0 Å². The summed E-state index contributed by atoms with van der Waals surface area (Å²) in [5.41, 5.74) is 0.00635. The van der Waals surface area contributed by atoms with Crippen molar-refractivity contribution in [1.82, 2.24) is 5.32 Å². The van der Waals surface area contributed by atoms with Gasteiger partial charge in [-0.15, -0.1) is 0 Å². The van der Waals surface area contributed by atoms with Crippen LogP contribution < -0.4 is 5.32 Å². The number of aliphatic carboxylic acids is 1. The van der Waals surface area contributed by atoms with E-state index in [0.717, 1.165) is 14.2 Å². The zero-order valence-electron chi connectivity index (χ0n) is 18.7. The Kier molecular flexibility index (Phi) is 8.71. The first-order valence-electron chi connectivity index (χ1n) is 10.2. The van der Waals surface area contributed by atoms with Gasteiger partial charge in [0.05, 0.1) is 54.3 Å². The number of esters is 2. The molecule has 2 aromatic carbocycles.